The second-order valence-electron chi connectivity index (χ2n) is 3.12. The van der Waals surface area contributed by atoms with Gasteiger partial charge in [0.15, 0.2) is 0 Å². The Morgan fingerprint density at radius 3 is 3.08 bits per heavy atom. The van der Waals surface area contributed by atoms with Gasteiger partial charge in [0.05, 0.1) is 4.95 Å². The van der Waals surface area contributed by atoms with Crippen molar-refractivity contribution in [3.63, 3.8) is 0 Å². The first-order chi connectivity index (χ1) is 5.88. The summed E-state index contributed by atoms with van der Waals surface area (Å²) in [7, 11) is 0. The summed E-state index contributed by atoms with van der Waals surface area (Å²) in [6, 6.07) is 8.62. The summed E-state index contributed by atoms with van der Waals surface area (Å²) in [6.07, 6.45) is 2.43. The van der Waals surface area contributed by atoms with Gasteiger partial charge in [-0.15, -0.1) is 0 Å². The first kappa shape index (κ1) is 8.27. The summed E-state index contributed by atoms with van der Waals surface area (Å²) < 4.78 is 0. The molecule has 1 atom stereocenters. The Morgan fingerprint density at radius 1 is 1.33 bits per heavy atom. The molecule has 0 bridgehead atoms. The molecule has 12 heavy (non-hydrogen) atoms. The summed E-state index contributed by atoms with van der Waals surface area (Å²) in [5, 5.41) is 3.42. The van der Waals surface area contributed by atoms with Gasteiger partial charge in [-0.05, 0) is 30.5 Å². The second kappa shape index (κ2) is 3.58. The van der Waals surface area contributed by atoms with Gasteiger partial charge < -0.3 is 5.32 Å². The van der Waals surface area contributed by atoms with Gasteiger partial charge >= 0.3 is 0 Å². The fourth-order valence-corrected chi connectivity index (χ4v) is 2.30. The summed E-state index contributed by atoms with van der Waals surface area (Å²) in [6.45, 7) is 1.10. The van der Waals surface area contributed by atoms with E-state index in [0.717, 1.165) is 6.54 Å². The Morgan fingerprint density at radius 2 is 2.17 bits per heavy atom. The van der Waals surface area contributed by atoms with Crippen LogP contribution in [0.1, 0.15) is 22.5 Å². The number of halogens is 1. The molecule has 1 nitrogen and oxygen atoms in total. The Hall–Kier alpha value is -0.340. The molecule has 0 spiro atoms. The highest BCUT2D eigenvalue weighted by molar-refractivity contribution is 9.09. The van der Waals surface area contributed by atoms with Crippen molar-refractivity contribution in [2.24, 2.45) is 0 Å². The van der Waals surface area contributed by atoms with Gasteiger partial charge in [-0.25, -0.2) is 0 Å². The van der Waals surface area contributed by atoms with Crippen molar-refractivity contribution in [2.45, 2.75) is 17.8 Å². The Labute approximate surface area is 81.3 Å². The van der Waals surface area contributed by atoms with Crippen LogP contribution in [0.15, 0.2) is 24.3 Å². The van der Waals surface area contributed by atoms with Gasteiger partial charge in [-0.2, -0.15) is 0 Å². The highest BCUT2D eigenvalue weighted by Gasteiger charge is 2.13. The van der Waals surface area contributed by atoms with Crippen LogP contribution in [0.5, 0.6) is 0 Å². The number of benzene rings is 1. The highest BCUT2D eigenvalue weighted by Crippen LogP contribution is 2.26. The van der Waals surface area contributed by atoms with Gasteiger partial charge in [0, 0.05) is 0 Å². The lowest BCUT2D eigenvalue weighted by atomic mass is 10.0. The highest BCUT2D eigenvalue weighted by atomic mass is 79.9. The van der Waals surface area contributed by atoms with Gasteiger partial charge in [-0.1, -0.05) is 40.2 Å². The van der Waals surface area contributed by atoms with Crippen LogP contribution in [0, 0.1) is 0 Å². The molecule has 1 N–H and O–H groups in total. The third kappa shape index (κ3) is 1.54. The van der Waals surface area contributed by atoms with Crippen LogP contribution in [0.2, 0.25) is 0 Å². The van der Waals surface area contributed by atoms with E-state index in [-0.39, 0.29) is 0 Å². The van der Waals surface area contributed by atoms with Crippen molar-refractivity contribution in [3.8, 4) is 0 Å². The maximum absolute atomic E-state index is 3.63. The molecule has 64 valence electrons. The molecule has 0 aliphatic carbocycles. The third-order valence-electron chi connectivity index (χ3n) is 2.27. The predicted octanol–water partition coefficient (Wildman–Crippen LogP) is 2.62. The van der Waals surface area contributed by atoms with Crippen LogP contribution < -0.4 is 5.32 Å². The molecule has 0 fully saturated rings. The third-order valence-corrected chi connectivity index (χ3v) is 3.09. The van der Waals surface area contributed by atoms with E-state index in [1.165, 1.54) is 24.0 Å². The molecule has 0 amide bonds. The predicted molar refractivity (Wildman–Crippen MR) is 54.4 cm³/mol. The van der Waals surface area contributed by atoms with Crippen molar-refractivity contribution < 1.29 is 0 Å². The first-order valence-corrected chi connectivity index (χ1v) is 5.25. The first-order valence-electron chi connectivity index (χ1n) is 4.33. The monoisotopic (exact) mass is 225 g/mol. The SMILES string of the molecule is BrC1NCCCc2ccccc21. The zero-order valence-electron chi connectivity index (χ0n) is 6.89. The van der Waals surface area contributed by atoms with Gasteiger partial charge in [0.2, 0.25) is 0 Å². The summed E-state index contributed by atoms with van der Waals surface area (Å²) >= 11 is 3.63. The van der Waals surface area contributed by atoms with E-state index in [0.29, 0.717) is 4.95 Å². The molecule has 0 aromatic heterocycles. The molecular weight excluding hydrogens is 214 g/mol. The number of hydrogen-bond acceptors (Lipinski definition) is 1. The van der Waals surface area contributed by atoms with Gasteiger partial charge in [0.1, 0.15) is 0 Å². The van der Waals surface area contributed by atoms with Crippen molar-refractivity contribution in [1.29, 1.82) is 0 Å². The van der Waals surface area contributed by atoms with E-state index in [1.54, 1.807) is 0 Å². The van der Waals surface area contributed by atoms with Crippen LogP contribution in [-0.4, -0.2) is 6.54 Å². The number of alkyl halides is 1. The van der Waals surface area contributed by atoms with Crippen molar-refractivity contribution in [1.82, 2.24) is 5.32 Å². The number of rotatable bonds is 0. The maximum Gasteiger partial charge on any atom is 0.0889 e. The van der Waals surface area contributed by atoms with E-state index in [4.69, 9.17) is 0 Å². The zero-order valence-corrected chi connectivity index (χ0v) is 8.47. The summed E-state index contributed by atoms with van der Waals surface area (Å²) in [5.74, 6) is 0. The lowest BCUT2D eigenvalue weighted by molar-refractivity contribution is 0.676. The minimum absolute atomic E-state index is 0.344. The number of nitrogens with one attached hydrogen (secondary N) is 1. The average molecular weight is 226 g/mol. The zero-order chi connectivity index (χ0) is 8.39. The van der Waals surface area contributed by atoms with Crippen molar-refractivity contribution in [2.75, 3.05) is 6.54 Å². The molecule has 0 radical (unpaired) electrons. The van der Waals surface area contributed by atoms with E-state index < -0.39 is 0 Å². The van der Waals surface area contributed by atoms with Crippen molar-refractivity contribution >= 4 is 15.9 Å². The van der Waals surface area contributed by atoms with Crippen LogP contribution in [0.4, 0.5) is 0 Å². The van der Waals surface area contributed by atoms with Crippen LogP contribution in [0.3, 0.4) is 0 Å². The van der Waals surface area contributed by atoms with Crippen LogP contribution in [-0.2, 0) is 6.42 Å². The largest absolute Gasteiger partial charge is 0.301 e. The minimum Gasteiger partial charge on any atom is -0.301 e. The molecule has 2 rings (SSSR count). The molecule has 1 heterocycles. The number of hydrogen-bond donors (Lipinski definition) is 1. The molecule has 1 aliphatic heterocycles. The molecule has 1 aromatic rings. The lowest BCUT2D eigenvalue weighted by Gasteiger charge is -2.10. The molecular formula is C10H12BrN. The van der Waals surface area contributed by atoms with E-state index in [1.807, 2.05) is 0 Å². The molecule has 0 saturated carbocycles. The fraction of sp³-hybridized carbons (Fsp3) is 0.400. The Bertz CT molecular complexity index is 272. The normalized spacial score (nSPS) is 22.9. The van der Waals surface area contributed by atoms with Crippen LogP contribution in [0.25, 0.3) is 0 Å². The fourth-order valence-electron chi connectivity index (χ4n) is 1.63. The van der Waals surface area contributed by atoms with Gasteiger partial charge in [-0.3, -0.25) is 0 Å². The van der Waals surface area contributed by atoms with Gasteiger partial charge in [0.25, 0.3) is 0 Å². The average Bonchev–Trinajstić information content (AvgIpc) is 2.29. The van der Waals surface area contributed by atoms with E-state index >= 15 is 0 Å². The van der Waals surface area contributed by atoms with Crippen molar-refractivity contribution in [3.05, 3.63) is 35.4 Å². The molecule has 1 unspecified atom stereocenters. The smallest absolute Gasteiger partial charge is 0.0889 e. The van der Waals surface area contributed by atoms with E-state index in [9.17, 15) is 0 Å². The second-order valence-corrected chi connectivity index (χ2v) is 4.03. The molecule has 1 aromatic carbocycles. The topological polar surface area (TPSA) is 12.0 Å². The minimum atomic E-state index is 0.344. The molecule has 2 heteroatoms. The summed E-state index contributed by atoms with van der Waals surface area (Å²) in [5.41, 5.74) is 2.87. The Kier molecular flexibility index (Phi) is 2.47. The maximum atomic E-state index is 3.63. The van der Waals surface area contributed by atoms with Crippen LogP contribution >= 0.6 is 15.9 Å². The Balaban J connectivity index is 2.39. The molecule has 0 saturated heterocycles. The standard InChI is InChI=1S/C10H12BrN/c11-10-9-6-2-1-4-8(9)5-3-7-12-10/h1-2,4,6,10,12H,3,5,7H2. The number of aryl methyl sites for hydroxylation is 1. The number of fused-ring (bicyclic) bond motifs is 1. The lowest BCUT2D eigenvalue weighted by Crippen LogP contribution is -2.15. The quantitative estimate of drug-likeness (QED) is 0.529. The molecule has 1 aliphatic rings. The summed E-state index contributed by atoms with van der Waals surface area (Å²) in [4.78, 5) is 0.344. The van der Waals surface area contributed by atoms with E-state index in [2.05, 4.69) is 45.5 Å².